The van der Waals surface area contributed by atoms with Crippen molar-refractivity contribution >= 4 is 16.7 Å². The molecule has 3 aromatic heterocycles. The highest BCUT2D eigenvalue weighted by Crippen LogP contribution is 2.29. The van der Waals surface area contributed by atoms with E-state index >= 15 is 0 Å². The molecule has 0 N–H and O–H groups in total. The minimum Gasteiger partial charge on any atom is -0.347 e. The first-order valence-corrected chi connectivity index (χ1v) is 8.30. The lowest BCUT2D eigenvalue weighted by Gasteiger charge is -2.29. The van der Waals surface area contributed by atoms with Crippen molar-refractivity contribution in [2.75, 3.05) is 11.4 Å². The van der Waals surface area contributed by atoms with Gasteiger partial charge in [0.1, 0.15) is 11.6 Å². The van der Waals surface area contributed by atoms with Gasteiger partial charge in [0, 0.05) is 48.8 Å². The van der Waals surface area contributed by atoms with E-state index in [2.05, 4.69) is 25.5 Å². The Morgan fingerprint density at radius 1 is 0.920 bits per heavy atom. The van der Waals surface area contributed by atoms with Crippen LogP contribution in [0.3, 0.4) is 0 Å². The van der Waals surface area contributed by atoms with Gasteiger partial charge in [0.2, 0.25) is 0 Å². The summed E-state index contributed by atoms with van der Waals surface area (Å²) in [6, 6.07) is 12.1. The number of imidazole rings is 1. The molecule has 122 valence electrons. The van der Waals surface area contributed by atoms with Crippen LogP contribution in [0.15, 0.2) is 61.2 Å². The maximum atomic E-state index is 4.89. The number of pyridine rings is 1. The minimum absolute atomic E-state index is 0.704. The number of benzene rings is 1. The highest BCUT2D eigenvalue weighted by Gasteiger charge is 2.21. The summed E-state index contributed by atoms with van der Waals surface area (Å²) in [7, 11) is 0. The number of anilines is 1. The van der Waals surface area contributed by atoms with E-state index in [1.165, 1.54) is 0 Å². The van der Waals surface area contributed by atoms with E-state index in [-0.39, 0.29) is 0 Å². The van der Waals surface area contributed by atoms with Gasteiger partial charge in [-0.1, -0.05) is 12.1 Å². The van der Waals surface area contributed by atoms with E-state index in [4.69, 9.17) is 9.97 Å². The van der Waals surface area contributed by atoms with Crippen molar-refractivity contribution in [3.05, 3.63) is 67.0 Å². The van der Waals surface area contributed by atoms with Gasteiger partial charge in [-0.3, -0.25) is 4.98 Å². The van der Waals surface area contributed by atoms with Gasteiger partial charge in [-0.25, -0.2) is 15.0 Å². The molecule has 0 amide bonds. The molecule has 5 rings (SSSR count). The number of rotatable bonds is 2. The highest BCUT2D eigenvalue weighted by atomic mass is 15.3. The molecule has 1 aliphatic heterocycles. The Balaban J connectivity index is 1.66. The van der Waals surface area contributed by atoms with Crippen LogP contribution >= 0.6 is 0 Å². The van der Waals surface area contributed by atoms with E-state index in [1.807, 2.05) is 42.7 Å². The van der Waals surface area contributed by atoms with Crippen LogP contribution in [0, 0.1) is 0 Å². The van der Waals surface area contributed by atoms with E-state index in [1.54, 1.807) is 12.4 Å². The normalized spacial score (nSPS) is 13.8. The predicted molar refractivity (Wildman–Crippen MR) is 96.0 cm³/mol. The Morgan fingerprint density at radius 3 is 2.80 bits per heavy atom. The molecule has 0 unspecified atom stereocenters. The van der Waals surface area contributed by atoms with Crippen molar-refractivity contribution in [1.82, 2.24) is 24.5 Å². The van der Waals surface area contributed by atoms with Crippen molar-refractivity contribution in [1.29, 1.82) is 0 Å². The molecule has 1 aliphatic rings. The third-order valence-corrected chi connectivity index (χ3v) is 4.55. The molecular weight excluding hydrogens is 312 g/mol. The second-order valence-corrected chi connectivity index (χ2v) is 6.09. The number of hydrogen-bond acceptors (Lipinski definition) is 5. The lowest BCUT2D eigenvalue weighted by Crippen LogP contribution is -2.34. The Morgan fingerprint density at radius 2 is 1.88 bits per heavy atom. The zero-order valence-electron chi connectivity index (χ0n) is 13.6. The van der Waals surface area contributed by atoms with Gasteiger partial charge in [0.15, 0.2) is 5.82 Å². The SMILES string of the molecule is c1cncc(-c2nc(N3CCn4ccnc4C3)c3ccccc3n2)c1. The van der Waals surface area contributed by atoms with Gasteiger partial charge < -0.3 is 9.47 Å². The lowest BCUT2D eigenvalue weighted by atomic mass is 10.2. The first-order chi connectivity index (χ1) is 12.4. The molecule has 6 nitrogen and oxygen atoms in total. The van der Waals surface area contributed by atoms with Crippen molar-refractivity contribution in [3.63, 3.8) is 0 Å². The monoisotopic (exact) mass is 328 g/mol. The molecule has 0 bridgehead atoms. The molecule has 0 saturated carbocycles. The van der Waals surface area contributed by atoms with E-state index in [0.717, 1.165) is 47.7 Å². The maximum absolute atomic E-state index is 4.89. The fraction of sp³-hybridized carbons (Fsp3) is 0.158. The van der Waals surface area contributed by atoms with E-state index < -0.39 is 0 Å². The average Bonchev–Trinajstić information content (AvgIpc) is 3.15. The molecule has 0 fully saturated rings. The molecule has 1 aromatic carbocycles. The Bertz CT molecular complexity index is 1040. The predicted octanol–water partition coefficient (Wildman–Crippen LogP) is 2.91. The van der Waals surface area contributed by atoms with Crippen molar-refractivity contribution in [2.24, 2.45) is 0 Å². The van der Waals surface area contributed by atoms with Gasteiger partial charge in [0.25, 0.3) is 0 Å². The van der Waals surface area contributed by atoms with Crippen LogP contribution in [0.25, 0.3) is 22.3 Å². The third-order valence-electron chi connectivity index (χ3n) is 4.55. The van der Waals surface area contributed by atoms with Crippen LogP contribution in [-0.4, -0.2) is 31.0 Å². The number of fused-ring (bicyclic) bond motifs is 2. The van der Waals surface area contributed by atoms with Crippen LogP contribution in [0.4, 0.5) is 5.82 Å². The van der Waals surface area contributed by atoms with Crippen LogP contribution in [0.2, 0.25) is 0 Å². The second-order valence-electron chi connectivity index (χ2n) is 6.09. The summed E-state index contributed by atoms with van der Waals surface area (Å²) in [5.41, 5.74) is 1.87. The number of aromatic nitrogens is 5. The van der Waals surface area contributed by atoms with Gasteiger partial charge >= 0.3 is 0 Å². The number of hydrogen-bond donors (Lipinski definition) is 0. The first-order valence-electron chi connectivity index (χ1n) is 8.30. The number of para-hydroxylation sites is 1. The fourth-order valence-corrected chi connectivity index (χ4v) is 3.28. The van der Waals surface area contributed by atoms with E-state index in [0.29, 0.717) is 5.82 Å². The highest BCUT2D eigenvalue weighted by molar-refractivity contribution is 5.91. The number of nitrogens with zero attached hydrogens (tertiary/aromatic N) is 6. The standard InChI is InChI=1S/C19H16N6/c1-2-6-16-15(5-1)19(23-18(22-16)14-4-3-7-20-12-14)25-11-10-24-9-8-21-17(24)13-25/h1-9,12H,10-11,13H2. The first kappa shape index (κ1) is 14.1. The molecule has 4 aromatic rings. The topological polar surface area (TPSA) is 59.7 Å². The van der Waals surface area contributed by atoms with Gasteiger partial charge in [-0.05, 0) is 24.3 Å². The molecule has 0 saturated heterocycles. The molecular formula is C19H16N6. The molecule has 4 heterocycles. The Hall–Kier alpha value is -3.28. The van der Waals surface area contributed by atoms with Crippen LogP contribution < -0.4 is 4.90 Å². The zero-order chi connectivity index (χ0) is 16.6. The summed E-state index contributed by atoms with van der Waals surface area (Å²) in [6.45, 7) is 2.56. The van der Waals surface area contributed by atoms with Gasteiger partial charge in [-0.2, -0.15) is 0 Å². The van der Waals surface area contributed by atoms with Gasteiger partial charge in [-0.15, -0.1) is 0 Å². The van der Waals surface area contributed by atoms with Crippen molar-refractivity contribution < 1.29 is 0 Å². The fourth-order valence-electron chi connectivity index (χ4n) is 3.28. The third kappa shape index (κ3) is 2.42. The zero-order valence-corrected chi connectivity index (χ0v) is 13.6. The van der Waals surface area contributed by atoms with Crippen LogP contribution in [0.5, 0.6) is 0 Å². The smallest absolute Gasteiger partial charge is 0.163 e. The largest absolute Gasteiger partial charge is 0.347 e. The molecule has 0 radical (unpaired) electrons. The summed E-state index contributed by atoms with van der Waals surface area (Å²) in [4.78, 5) is 20.6. The summed E-state index contributed by atoms with van der Waals surface area (Å²) in [5, 5.41) is 1.06. The summed E-state index contributed by atoms with van der Waals surface area (Å²) >= 11 is 0. The van der Waals surface area contributed by atoms with Crippen LogP contribution in [0.1, 0.15) is 5.82 Å². The molecule has 0 atom stereocenters. The lowest BCUT2D eigenvalue weighted by molar-refractivity contribution is 0.557. The molecule has 25 heavy (non-hydrogen) atoms. The van der Waals surface area contributed by atoms with E-state index in [9.17, 15) is 0 Å². The summed E-state index contributed by atoms with van der Waals surface area (Å²) in [5.74, 6) is 2.73. The molecule has 6 heteroatoms. The quantitative estimate of drug-likeness (QED) is 0.566. The minimum atomic E-state index is 0.704. The van der Waals surface area contributed by atoms with Crippen molar-refractivity contribution in [2.45, 2.75) is 13.1 Å². The van der Waals surface area contributed by atoms with Crippen LogP contribution in [-0.2, 0) is 13.1 Å². The maximum Gasteiger partial charge on any atom is 0.163 e. The van der Waals surface area contributed by atoms with Crippen molar-refractivity contribution in [3.8, 4) is 11.4 Å². The average molecular weight is 328 g/mol. The molecule has 0 aliphatic carbocycles. The summed E-state index contributed by atoms with van der Waals surface area (Å²) in [6.07, 6.45) is 7.45. The van der Waals surface area contributed by atoms with Gasteiger partial charge in [0.05, 0.1) is 12.1 Å². The summed E-state index contributed by atoms with van der Waals surface area (Å²) < 4.78 is 2.20. The second kappa shape index (κ2) is 5.66. The Labute approximate surface area is 144 Å². The molecule has 0 spiro atoms. The Kier molecular flexibility index (Phi) is 3.19.